The molecule has 1 N–H and O–H groups in total. The second kappa shape index (κ2) is 11.9. The molecule has 0 spiro atoms. The maximum Gasteiger partial charge on any atom is 0.309 e. The average molecular weight is 589 g/mol. The first kappa shape index (κ1) is 28.5. The summed E-state index contributed by atoms with van der Waals surface area (Å²) in [6.45, 7) is 4.53. The highest BCUT2D eigenvalue weighted by Crippen LogP contribution is 2.36. The Hall–Kier alpha value is -4.61. The van der Waals surface area contributed by atoms with E-state index in [1.807, 2.05) is 78.9 Å². The first-order valence-electron chi connectivity index (χ1n) is 14.4. The van der Waals surface area contributed by atoms with Crippen molar-refractivity contribution in [1.82, 2.24) is 9.55 Å². The zero-order valence-electron chi connectivity index (χ0n) is 24.3. The minimum absolute atomic E-state index is 0.340. The number of rotatable bonds is 10. The predicted molar refractivity (Wildman–Crippen MR) is 173 cm³/mol. The summed E-state index contributed by atoms with van der Waals surface area (Å²) < 4.78 is 8.56. The van der Waals surface area contributed by atoms with Crippen molar-refractivity contribution in [2.45, 2.75) is 39.8 Å². The number of halogens is 1. The van der Waals surface area contributed by atoms with Gasteiger partial charge < -0.3 is 14.4 Å². The molecular weight excluding hydrogens is 556 g/mol. The van der Waals surface area contributed by atoms with Crippen molar-refractivity contribution >= 4 is 39.4 Å². The summed E-state index contributed by atoms with van der Waals surface area (Å²) in [4.78, 5) is 17.1. The summed E-state index contributed by atoms with van der Waals surface area (Å²) in [5.41, 5.74) is 6.21. The van der Waals surface area contributed by atoms with Crippen LogP contribution in [0.4, 0.5) is 0 Å². The lowest BCUT2D eigenvalue weighted by atomic mass is 9.85. The molecule has 2 aromatic heterocycles. The molecule has 0 bridgehead atoms. The molecule has 6 heteroatoms. The van der Waals surface area contributed by atoms with Gasteiger partial charge in [-0.25, -0.2) is 4.98 Å². The number of pyridine rings is 1. The van der Waals surface area contributed by atoms with Crippen molar-refractivity contribution in [3.05, 3.63) is 142 Å². The van der Waals surface area contributed by atoms with Gasteiger partial charge in [0, 0.05) is 40.5 Å². The molecule has 6 aromatic rings. The minimum atomic E-state index is -0.960. The number of carbonyl (C=O) groups is 1. The molecule has 0 aliphatic carbocycles. The number of hydrogen-bond donors (Lipinski definition) is 1. The molecule has 0 amide bonds. The fraction of sp³-hybridized carbons (Fsp3) is 0.189. The van der Waals surface area contributed by atoms with Gasteiger partial charge in [0.15, 0.2) is 0 Å². The summed E-state index contributed by atoms with van der Waals surface area (Å²) in [5, 5.41) is 13.0. The van der Waals surface area contributed by atoms with Crippen molar-refractivity contribution in [2.24, 2.45) is 5.41 Å². The molecule has 0 saturated carbocycles. The lowest BCUT2D eigenvalue weighted by Gasteiger charge is -2.22. The van der Waals surface area contributed by atoms with E-state index in [9.17, 15) is 9.90 Å². The molecule has 216 valence electrons. The van der Waals surface area contributed by atoms with E-state index >= 15 is 0 Å². The van der Waals surface area contributed by atoms with Crippen LogP contribution in [0.1, 0.15) is 41.9 Å². The molecule has 0 radical (unpaired) electrons. The monoisotopic (exact) mass is 588 g/mol. The zero-order valence-corrected chi connectivity index (χ0v) is 25.0. The van der Waals surface area contributed by atoms with Crippen LogP contribution in [0.15, 0.2) is 109 Å². The van der Waals surface area contributed by atoms with Crippen molar-refractivity contribution in [2.75, 3.05) is 0 Å². The molecule has 0 aliphatic heterocycles. The van der Waals surface area contributed by atoms with Crippen LogP contribution in [0.25, 0.3) is 21.8 Å². The Labute approximate surface area is 256 Å². The van der Waals surface area contributed by atoms with Crippen LogP contribution in [-0.2, 0) is 30.8 Å². The number of hydrogen-bond acceptors (Lipinski definition) is 3. The summed E-state index contributed by atoms with van der Waals surface area (Å²) in [7, 11) is 0. The third-order valence-corrected chi connectivity index (χ3v) is 8.22. The van der Waals surface area contributed by atoms with Gasteiger partial charge in [-0.05, 0) is 73.4 Å². The molecule has 0 aliphatic rings. The van der Waals surface area contributed by atoms with Crippen LogP contribution in [0.2, 0.25) is 5.02 Å². The lowest BCUT2D eigenvalue weighted by Crippen LogP contribution is -2.28. The number of carboxylic acid groups (broad SMARTS) is 1. The normalized spacial score (nSPS) is 11.7. The Kier molecular flexibility index (Phi) is 7.92. The summed E-state index contributed by atoms with van der Waals surface area (Å²) in [6, 6.07) is 36.4. The van der Waals surface area contributed by atoms with Gasteiger partial charge in [0.25, 0.3) is 0 Å². The van der Waals surface area contributed by atoms with E-state index in [-0.39, 0.29) is 0 Å². The summed E-state index contributed by atoms with van der Waals surface area (Å²) in [5.74, 6) is -0.0928. The third kappa shape index (κ3) is 6.27. The Morgan fingerprint density at radius 1 is 0.884 bits per heavy atom. The van der Waals surface area contributed by atoms with Crippen LogP contribution in [0.5, 0.6) is 5.75 Å². The van der Waals surface area contributed by atoms with E-state index in [2.05, 4.69) is 34.9 Å². The third-order valence-electron chi connectivity index (χ3n) is 7.97. The van der Waals surface area contributed by atoms with Gasteiger partial charge in [-0.1, -0.05) is 78.3 Å². The first-order valence-corrected chi connectivity index (χ1v) is 14.8. The Morgan fingerprint density at radius 3 is 2.40 bits per heavy atom. The quantitative estimate of drug-likeness (QED) is 0.174. The number of nitrogens with zero attached hydrogens (tertiary/aromatic N) is 2. The van der Waals surface area contributed by atoms with E-state index in [0.717, 1.165) is 55.6 Å². The van der Waals surface area contributed by atoms with Gasteiger partial charge in [0.2, 0.25) is 0 Å². The van der Waals surface area contributed by atoms with Crippen LogP contribution < -0.4 is 4.74 Å². The van der Waals surface area contributed by atoms with E-state index in [0.29, 0.717) is 31.0 Å². The van der Waals surface area contributed by atoms with Crippen LogP contribution in [0, 0.1) is 5.41 Å². The van der Waals surface area contributed by atoms with Gasteiger partial charge in [0.05, 0.1) is 22.1 Å². The van der Waals surface area contributed by atoms with Gasteiger partial charge in [-0.15, -0.1) is 0 Å². The highest BCUT2D eigenvalue weighted by molar-refractivity contribution is 6.30. The van der Waals surface area contributed by atoms with Crippen molar-refractivity contribution in [3.63, 3.8) is 0 Å². The average Bonchev–Trinajstić information content (AvgIpc) is 3.27. The highest BCUT2D eigenvalue weighted by Gasteiger charge is 2.31. The maximum atomic E-state index is 12.3. The van der Waals surface area contributed by atoms with E-state index in [1.165, 1.54) is 0 Å². The molecule has 2 heterocycles. The molecule has 6 rings (SSSR count). The van der Waals surface area contributed by atoms with Crippen molar-refractivity contribution in [1.29, 1.82) is 0 Å². The van der Waals surface area contributed by atoms with Gasteiger partial charge in [-0.2, -0.15) is 0 Å². The number of carboxylic acids is 1. The van der Waals surface area contributed by atoms with Crippen LogP contribution in [-0.4, -0.2) is 20.6 Å². The lowest BCUT2D eigenvalue weighted by molar-refractivity contribution is -0.146. The molecule has 0 fully saturated rings. The van der Waals surface area contributed by atoms with E-state index in [4.69, 9.17) is 21.3 Å². The summed E-state index contributed by atoms with van der Waals surface area (Å²) >= 11 is 6.19. The maximum absolute atomic E-state index is 12.3. The molecule has 43 heavy (non-hydrogen) atoms. The highest BCUT2D eigenvalue weighted by atomic mass is 35.5. The Balaban J connectivity index is 1.44. The zero-order chi connectivity index (χ0) is 30.0. The number of aliphatic carboxylic acids is 1. The largest absolute Gasteiger partial charge is 0.487 e. The fourth-order valence-corrected chi connectivity index (χ4v) is 5.66. The molecular formula is C37H33ClN2O3. The van der Waals surface area contributed by atoms with E-state index in [1.54, 1.807) is 13.8 Å². The number of benzene rings is 4. The Morgan fingerprint density at radius 2 is 1.63 bits per heavy atom. The van der Waals surface area contributed by atoms with Gasteiger partial charge in [-0.3, -0.25) is 4.79 Å². The molecule has 0 atom stereocenters. The number of fused-ring (bicyclic) bond motifs is 2. The molecule has 4 aromatic carbocycles. The first-order chi connectivity index (χ1) is 20.8. The smallest absolute Gasteiger partial charge is 0.309 e. The van der Waals surface area contributed by atoms with E-state index < -0.39 is 11.4 Å². The molecule has 0 saturated heterocycles. The van der Waals surface area contributed by atoms with Gasteiger partial charge >= 0.3 is 5.97 Å². The SMILES string of the molecule is CC(C)(Cc1c(Cc2ccc(Cl)cc2)c2ccc(OCc3ccc4ccccc4n3)cc2n1Cc1ccccc1)C(=O)O. The topological polar surface area (TPSA) is 64.4 Å². The van der Waals surface area contributed by atoms with Crippen molar-refractivity contribution < 1.29 is 14.6 Å². The second-order valence-electron chi connectivity index (χ2n) is 11.6. The fourth-order valence-electron chi connectivity index (χ4n) is 5.54. The summed E-state index contributed by atoms with van der Waals surface area (Å²) in [6.07, 6.45) is 1.03. The predicted octanol–water partition coefficient (Wildman–Crippen LogP) is 8.71. The van der Waals surface area contributed by atoms with Crippen LogP contribution in [0.3, 0.4) is 0 Å². The number of ether oxygens (including phenoxy) is 1. The van der Waals surface area contributed by atoms with Crippen LogP contribution >= 0.6 is 11.6 Å². The van der Waals surface area contributed by atoms with Gasteiger partial charge in [0.1, 0.15) is 12.4 Å². The Bertz CT molecular complexity index is 1910. The molecule has 0 unspecified atom stereocenters. The molecule has 5 nitrogen and oxygen atoms in total. The number of para-hydroxylation sites is 1. The van der Waals surface area contributed by atoms with Crippen molar-refractivity contribution in [3.8, 4) is 5.75 Å². The second-order valence-corrected chi connectivity index (χ2v) is 12.1. The number of aromatic nitrogens is 2. The minimum Gasteiger partial charge on any atom is -0.487 e. The standard InChI is InChI=1S/C37H33ClN2O3/c1-37(2,36(41)42)22-35-32(20-25-12-15-28(38)16-13-25)31-19-18-30(21-34(31)40(35)23-26-8-4-3-5-9-26)43-24-29-17-14-27-10-6-7-11-33(27)39-29/h3-19,21H,20,22-24H2,1-2H3,(H,41,42).